The molecule has 0 bridgehead atoms. The molecule has 1 aliphatic heterocycles. The van der Waals surface area contributed by atoms with Crippen molar-refractivity contribution in [3.8, 4) is 11.5 Å². The van der Waals surface area contributed by atoms with Crippen LogP contribution in [0.4, 0.5) is 0 Å². The van der Waals surface area contributed by atoms with Crippen molar-refractivity contribution in [3.05, 3.63) is 18.2 Å². The van der Waals surface area contributed by atoms with Gasteiger partial charge in [-0.1, -0.05) is 0 Å². The summed E-state index contributed by atoms with van der Waals surface area (Å²) in [4.78, 5) is 12.0. The Labute approximate surface area is 130 Å². The van der Waals surface area contributed by atoms with E-state index in [1.165, 1.54) is 30.7 Å². The van der Waals surface area contributed by atoms with Crippen LogP contribution in [0.2, 0.25) is 0 Å². The first-order chi connectivity index (χ1) is 10.2. The number of methoxy groups -OCH3 is 2. The number of benzene rings is 1. The number of rotatable bonds is 4. The topological polar surface area (TPSA) is 84.9 Å². The first-order valence-electron chi connectivity index (χ1n) is 6.78. The molecule has 8 heteroatoms. The summed E-state index contributed by atoms with van der Waals surface area (Å²) in [6.07, 6.45) is 0. The van der Waals surface area contributed by atoms with Gasteiger partial charge < -0.3 is 14.8 Å². The van der Waals surface area contributed by atoms with Crippen LogP contribution in [0.25, 0.3) is 0 Å². The van der Waals surface area contributed by atoms with Crippen molar-refractivity contribution in [3.63, 3.8) is 0 Å². The number of carbonyl (C=O) groups is 1. The molecule has 2 rings (SSSR count). The van der Waals surface area contributed by atoms with Crippen LogP contribution >= 0.6 is 0 Å². The van der Waals surface area contributed by atoms with Crippen LogP contribution < -0.4 is 14.8 Å². The van der Waals surface area contributed by atoms with Gasteiger partial charge in [0.2, 0.25) is 15.9 Å². The standard InChI is InChI=1S/C14H20N2O5S/c1-14(2)13(17)15-7-8-16(14)22(18,19)12-6-5-10(20-3)9-11(12)21-4/h5-6,9H,7-8H2,1-4H3,(H,15,17). The number of ether oxygens (including phenoxy) is 2. The van der Waals surface area contributed by atoms with Gasteiger partial charge in [-0.2, -0.15) is 4.31 Å². The van der Waals surface area contributed by atoms with Crippen LogP contribution in [-0.4, -0.2) is 51.5 Å². The number of piperazine rings is 1. The Kier molecular flexibility index (Phi) is 4.35. The van der Waals surface area contributed by atoms with Gasteiger partial charge in [0.25, 0.3) is 0 Å². The molecule has 1 fully saturated rings. The molecule has 0 aromatic heterocycles. The van der Waals surface area contributed by atoms with Gasteiger partial charge in [0.15, 0.2) is 0 Å². The molecule has 1 heterocycles. The lowest BCUT2D eigenvalue weighted by Crippen LogP contribution is -2.63. The summed E-state index contributed by atoms with van der Waals surface area (Å²) in [6, 6.07) is 4.48. The maximum absolute atomic E-state index is 13.0. The number of amides is 1. The van der Waals surface area contributed by atoms with Crippen molar-refractivity contribution < 1.29 is 22.7 Å². The number of nitrogens with zero attached hydrogens (tertiary/aromatic N) is 1. The number of hydrogen-bond donors (Lipinski definition) is 1. The third-order valence-corrected chi connectivity index (χ3v) is 5.83. The molecule has 7 nitrogen and oxygen atoms in total. The van der Waals surface area contributed by atoms with Gasteiger partial charge in [0.1, 0.15) is 21.9 Å². The van der Waals surface area contributed by atoms with Crippen molar-refractivity contribution in [2.75, 3.05) is 27.3 Å². The number of hydrogen-bond acceptors (Lipinski definition) is 5. The van der Waals surface area contributed by atoms with Crippen molar-refractivity contribution in [2.24, 2.45) is 0 Å². The summed E-state index contributed by atoms with van der Waals surface area (Å²) in [6.45, 7) is 3.64. The van der Waals surface area contributed by atoms with Gasteiger partial charge in [0.05, 0.1) is 14.2 Å². The Bertz CT molecular complexity index is 684. The van der Waals surface area contributed by atoms with Crippen molar-refractivity contribution in [1.82, 2.24) is 9.62 Å². The van der Waals surface area contributed by atoms with Crippen molar-refractivity contribution in [2.45, 2.75) is 24.3 Å². The predicted molar refractivity (Wildman–Crippen MR) is 80.5 cm³/mol. The second kappa shape index (κ2) is 5.77. The van der Waals surface area contributed by atoms with E-state index in [2.05, 4.69) is 5.32 Å². The summed E-state index contributed by atoms with van der Waals surface area (Å²) in [5.74, 6) is 0.349. The lowest BCUT2D eigenvalue weighted by atomic mass is 10.0. The second-order valence-corrected chi connectivity index (χ2v) is 7.24. The zero-order valence-corrected chi connectivity index (χ0v) is 13.9. The highest BCUT2D eigenvalue weighted by molar-refractivity contribution is 7.89. The Hall–Kier alpha value is -1.80. The zero-order valence-electron chi connectivity index (χ0n) is 13.0. The zero-order chi connectivity index (χ0) is 16.5. The molecule has 1 N–H and O–H groups in total. The van der Waals surface area contributed by atoms with Crippen LogP contribution in [0.1, 0.15) is 13.8 Å². The Morgan fingerprint density at radius 2 is 1.91 bits per heavy atom. The minimum Gasteiger partial charge on any atom is -0.497 e. The fourth-order valence-electron chi connectivity index (χ4n) is 2.41. The molecule has 0 saturated carbocycles. The molecule has 0 aliphatic carbocycles. The number of carbonyl (C=O) groups excluding carboxylic acids is 1. The van der Waals surface area contributed by atoms with Crippen molar-refractivity contribution >= 4 is 15.9 Å². The molecule has 1 aromatic carbocycles. The van der Waals surface area contributed by atoms with Gasteiger partial charge in [-0.05, 0) is 26.0 Å². The molecule has 0 unspecified atom stereocenters. The molecule has 0 radical (unpaired) electrons. The first kappa shape index (κ1) is 16.6. The fourth-order valence-corrected chi connectivity index (χ4v) is 4.30. The Morgan fingerprint density at radius 3 is 2.50 bits per heavy atom. The highest BCUT2D eigenvalue weighted by Crippen LogP contribution is 2.34. The van der Waals surface area contributed by atoms with E-state index in [4.69, 9.17) is 9.47 Å². The molecule has 22 heavy (non-hydrogen) atoms. The smallest absolute Gasteiger partial charge is 0.247 e. The predicted octanol–water partition coefficient (Wildman–Crippen LogP) is 0.603. The normalized spacial score (nSPS) is 18.6. The van der Waals surface area contributed by atoms with E-state index in [0.717, 1.165) is 0 Å². The van der Waals surface area contributed by atoms with Crippen LogP contribution in [0.3, 0.4) is 0 Å². The second-order valence-electron chi connectivity index (χ2n) is 5.41. The SMILES string of the molecule is COc1ccc(S(=O)(=O)N2CCNC(=O)C2(C)C)c(OC)c1. The lowest BCUT2D eigenvalue weighted by Gasteiger charge is -2.40. The fraction of sp³-hybridized carbons (Fsp3) is 0.500. The number of sulfonamides is 1. The number of nitrogens with one attached hydrogen (secondary N) is 1. The van der Waals surface area contributed by atoms with E-state index >= 15 is 0 Å². The van der Waals surface area contributed by atoms with Crippen LogP contribution in [0.5, 0.6) is 11.5 Å². The third kappa shape index (κ3) is 2.64. The van der Waals surface area contributed by atoms with E-state index in [-0.39, 0.29) is 29.6 Å². The molecule has 1 amide bonds. The third-order valence-electron chi connectivity index (χ3n) is 3.72. The summed E-state index contributed by atoms with van der Waals surface area (Å²) >= 11 is 0. The van der Waals surface area contributed by atoms with Gasteiger partial charge in [-0.25, -0.2) is 8.42 Å². The average molecular weight is 328 g/mol. The molecule has 0 atom stereocenters. The Balaban J connectivity index is 2.53. The minimum atomic E-state index is -3.88. The summed E-state index contributed by atoms with van der Waals surface area (Å²) in [5, 5.41) is 2.68. The van der Waals surface area contributed by atoms with E-state index in [0.29, 0.717) is 5.75 Å². The lowest BCUT2D eigenvalue weighted by molar-refractivity contribution is -0.131. The largest absolute Gasteiger partial charge is 0.497 e. The summed E-state index contributed by atoms with van der Waals surface area (Å²) in [5.41, 5.74) is -1.16. The van der Waals surface area contributed by atoms with Gasteiger partial charge in [-0.15, -0.1) is 0 Å². The minimum absolute atomic E-state index is 0.0126. The monoisotopic (exact) mass is 328 g/mol. The molecular formula is C14H20N2O5S. The first-order valence-corrected chi connectivity index (χ1v) is 8.22. The Morgan fingerprint density at radius 1 is 1.23 bits per heavy atom. The van der Waals surface area contributed by atoms with Crippen LogP contribution in [0.15, 0.2) is 23.1 Å². The van der Waals surface area contributed by atoms with Gasteiger partial charge >= 0.3 is 0 Å². The molecule has 1 aliphatic rings. The van der Waals surface area contributed by atoms with Crippen LogP contribution in [0, 0.1) is 0 Å². The van der Waals surface area contributed by atoms with Crippen molar-refractivity contribution in [1.29, 1.82) is 0 Å². The van der Waals surface area contributed by atoms with E-state index in [1.807, 2.05) is 0 Å². The summed E-state index contributed by atoms with van der Waals surface area (Å²) in [7, 11) is -1.00. The maximum Gasteiger partial charge on any atom is 0.247 e. The molecule has 0 spiro atoms. The summed E-state index contributed by atoms with van der Waals surface area (Å²) < 4.78 is 37.4. The molecule has 1 saturated heterocycles. The quantitative estimate of drug-likeness (QED) is 0.875. The maximum atomic E-state index is 13.0. The van der Waals surface area contributed by atoms with Gasteiger partial charge in [-0.3, -0.25) is 4.79 Å². The van der Waals surface area contributed by atoms with E-state index in [9.17, 15) is 13.2 Å². The van der Waals surface area contributed by atoms with E-state index in [1.54, 1.807) is 19.9 Å². The molecule has 1 aromatic rings. The molecule has 122 valence electrons. The average Bonchev–Trinajstić information content (AvgIpc) is 2.48. The van der Waals surface area contributed by atoms with Crippen LogP contribution in [-0.2, 0) is 14.8 Å². The van der Waals surface area contributed by atoms with E-state index < -0.39 is 15.6 Å². The molecular weight excluding hydrogens is 308 g/mol. The highest BCUT2D eigenvalue weighted by Gasteiger charge is 2.45. The van der Waals surface area contributed by atoms with Gasteiger partial charge in [0, 0.05) is 19.2 Å². The highest BCUT2D eigenvalue weighted by atomic mass is 32.2.